The van der Waals surface area contributed by atoms with Gasteiger partial charge < -0.3 is 5.32 Å². The van der Waals surface area contributed by atoms with Crippen molar-refractivity contribution in [1.82, 2.24) is 4.72 Å². The summed E-state index contributed by atoms with van der Waals surface area (Å²) in [5, 5.41) is 17.6. The second-order valence-corrected chi connectivity index (χ2v) is 7.89. The van der Waals surface area contributed by atoms with E-state index in [0.29, 0.717) is 6.42 Å². The van der Waals surface area contributed by atoms with Crippen molar-refractivity contribution in [2.45, 2.75) is 10.6 Å². The summed E-state index contributed by atoms with van der Waals surface area (Å²) in [6, 6.07) is 3.00. The molecule has 0 bridgehead atoms. The van der Waals surface area contributed by atoms with Crippen molar-refractivity contribution >= 4 is 43.4 Å². The Morgan fingerprint density at radius 2 is 2.19 bits per heavy atom. The van der Waals surface area contributed by atoms with Gasteiger partial charge in [-0.1, -0.05) is 11.3 Å². The quantitative estimate of drug-likeness (QED) is 0.591. The number of anilines is 1. The van der Waals surface area contributed by atoms with Gasteiger partial charge in [0.05, 0.1) is 4.92 Å². The predicted molar refractivity (Wildman–Crippen MR) is 83.7 cm³/mol. The van der Waals surface area contributed by atoms with Crippen LogP contribution in [-0.4, -0.2) is 26.9 Å². The number of nitro groups is 1. The Labute approximate surface area is 129 Å². The number of sulfonamides is 1. The van der Waals surface area contributed by atoms with E-state index in [0.717, 1.165) is 23.0 Å². The molecule has 114 valence electrons. The standard InChI is InChI=1S/C11H13N3O4S3/c1-12-11-9(14(15)16)6-10(20-11)21(17,18)13-4-2-8-3-5-19-7-8/h3,5-7,12-13H,2,4H2,1H3. The molecular formula is C11H13N3O4S3. The van der Waals surface area contributed by atoms with E-state index < -0.39 is 14.9 Å². The van der Waals surface area contributed by atoms with Crippen molar-refractivity contribution in [1.29, 1.82) is 0 Å². The third-order valence-corrected chi connectivity index (χ3v) is 6.47. The Hall–Kier alpha value is -1.49. The number of thiophene rings is 2. The molecule has 0 spiro atoms. The molecule has 2 rings (SSSR count). The highest BCUT2D eigenvalue weighted by atomic mass is 32.2. The highest BCUT2D eigenvalue weighted by molar-refractivity contribution is 7.91. The Balaban J connectivity index is 2.10. The van der Waals surface area contributed by atoms with E-state index in [1.54, 1.807) is 11.3 Å². The van der Waals surface area contributed by atoms with E-state index in [4.69, 9.17) is 0 Å². The van der Waals surface area contributed by atoms with Gasteiger partial charge >= 0.3 is 5.69 Å². The number of rotatable bonds is 7. The summed E-state index contributed by atoms with van der Waals surface area (Å²) < 4.78 is 26.6. The number of nitrogens with zero attached hydrogens (tertiary/aromatic N) is 1. The molecule has 0 amide bonds. The molecule has 2 aromatic heterocycles. The average molecular weight is 347 g/mol. The second kappa shape index (κ2) is 6.52. The van der Waals surface area contributed by atoms with Crippen LogP contribution in [0.2, 0.25) is 0 Å². The minimum Gasteiger partial charge on any atom is -0.374 e. The van der Waals surface area contributed by atoms with Gasteiger partial charge in [0, 0.05) is 19.7 Å². The minimum absolute atomic E-state index is 0.0659. The molecule has 0 aromatic carbocycles. The summed E-state index contributed by atoms with van der Waals surface area (Å²) in [5.74, 6) is 0. The van der Waals surface area contributed by atoms with Gasteiger partial charge in [-0.15, -0.1) is 0 Å². The number of hydrogen-bond donors (Lipinski definition) is 2. The van der Waals surface area contributed by atoms with Gasteiger partial charge in [-0.2, -0.15) is 11.3 Å². The van der Waals surface area contributed by atoms with Crippen LogP contribution in [0.4, 0.5) is 10.7 Å². The fourth-order valence-corrected chi connectivity index (χ4v) is 4.70. The van der Waals surface area contributed by atoms with Crippen LogP contribution in [0.25, 0.3) is 0 Å². The van der Waals surface area contributed by atoms with Crippen molar-refractivity contribution < 1.29 is 13.3 Å². The highest BCUT2D eigenvalue weighted by Crippen LogP contribution is 2.36. The van der Waals surface area contributed by atoms with Gasteiger partial charge in [0.25, 0.3) is 0 Å². The average Bonchev–Trinajstić information content (AvgIpc) is 3.07. The highest BCUT2D eigenvalue weighted by Gasteiger charge is 2.25. The minimum atomic E-state index is -3.73. The molecule has 0 saturated heterocycles. The van der Waals surface area contributed by atoms with Gasteiger partial charge in [0.15, 0.2) is 5.00 Å². The molecule has 2 heterocycles. The van der Waals surface area contributed by atoms with E-state index in [2.05, 4.69) is 10.0 Å². The molecule has 0 aliphatic carbocycles. The van der Waals surface area contributed by atoms with E-state index in [9.17, 15) is 18.5 Å². The van der Waals surface area contributed by atoms with Crippen LogP contribution < -0.4 is 10.0 Å². The van der Waals surface area contributed by atoms with Gasteiger partial charge in [0.2, 0.25) is 10.0 Å². The molecule has 10 heteroatoms. The monoisotopic (exact) mass is 347 g/mol. The maximum absolute atomic E-state index is 12.1. The van der Waals surface area contributed by atoms with Crippen molar-refractivity contribution in [3.63, 3.8) is 0 Å². The number of nitrogens with one attached hydrogen (secondary N) is 2. The zero-order valence-electron chi connectivity index (χ0n) is 11.0. The molecule has 0 aliphatic heterocycles. The lowest BCUT2D eigenvalue weighted by molar-refractivity contribution is -0.383. The van der Waals surface area contributed by atoms with Crippen LogP contribution in [0.3, 0.4) is 0 Å². The topological polar surface area (TPSA) is 101 Å². The van der Waals surface area contributed by atoms with Crippen molar-refractivity contribution in [2.75, 3.05) is 18.9 Å². The van der Waals surface area contributed by atoms with Crippen LogP contribution in [0.15, 0.2) is 27.1 Å². The summed E-state index contributed by atoms with van der Waals surface area (Å²) in [4.78, 5) is 10.2. The first-order chi connectivity index (χ1) is 9.94. The van der Waals surface area contributed by atoms with Crippen molar-refractivity contribution in [3.05, 3.63) is 38.6 Å². The predicted octanol–water partition coefficient (Wildman–Crippen LogP) is 2.28. The molecule has 2 N–H and O–H groups in total. The van der Waals surface area contributed by atoms with Crippen LogP contribution in [-0.2, 0) is 16.4 Å². The van der Waals surface area contributed by atoms with Crippen LogP contribution >= 0.6 is 22.7 Å². The smallest absolute Gasteiger partial charge is 0.304 e. The zero-order chi connectivity index (χ0) is 15.5. The lowest BCUT2D eigenvalue weighted by Crippen LogP contribution is -2.25. The molecule has 7 nitrogen and oxygen atoms in total. The Kier molecular flexibility index (Phi) is 4.93. The molecule has 2 aromatic rings. The third-order valence-electron chi connectivity index (χ3n) is 2.66. The van der Waals surface area contributed by atoms with Crippen LogP contribution in [0.5, 0.6) is 0 Å². The van der Waals surface area contributed by atoms with E-state index in [-0.39, 0.29) is 21.4 Å². The fourth-order valence-electron chi connectivity index (χ4n) is 1.64. The molecular weight excluding hydrogens is 334 g/mol. The molecule has 0 unspecified atom stereocenters. The Morgan fingerprint density at radius 1 is 1.43 bits per heavy atom. The first-order valence-corrected chi connectivity index (χ1v) is 9.15. The van der Waals surface area contributed by atoms with Gasteiger partial charge in [-0.3, -0.25) is 10.1 Å². The summed E-state index contributed by atoms with van der Waals surface area (Å²) in [6.45, 7) is 0.250. The molecule has 0 radical (unpaired) electrons. The maximum Gasteiger partial charge on any atom is 0.304 e. The SMILES string of the molecule is CNc1sc(S(=O)(=O)NCCc2ccsc2)cc1[N+](=O)[O-]. The van der Waals surface area contributed by atoms with E-state index in [1.807, 2.05) is 16.8 Å². The number of hydrogen-bond acceptors (Lipinski definition) is 7. The van der Waals surface area contributed by atoms with Gasteiger partial charge in [-0.25, -0.2) is 13.1 Å². The summed E-state index contributed by atoms with van der Waals surface area (Å²) in [7, 11) is -2.22. The summed E-state index contributed by atoms with van der Waals surface area (Å²) in [6.07, 6.45) is 0.578. The molecule has 0 saturated carbocycles. The molecule has 0 fully saturated rings. The summed E-state index contributed by atoms with van der Waals surface area (Å²) in [5.41, 5.74) is 0.816. The van der Waals surface area contributed by atoms with Gasteiger partial charge in [-0.05, 0) is 28.8 Å². The largest absolute Gasteiger partial charge is 0.374 e. The van der Waals surface area contributed by atoms with Crippen molar-refractivity contribution in [3.8, 4) is 0 Å². The van der Waals surface area contributed by atoms with Crippen molar-refractivity contribution in [2.24, 2.45) is 0 Å². The maximum atomic E-state index is 12.1. The van der Waals surface area contributed by atoms with Crippen LogP contribution in [0.1, 0.15) is 5.56 Å². The fraction of sp³-hybridized carbons (Fsp3) is 0.273. The Morgan fingerprint density at radius 3 is 2.71 bits per heavy atom. The second-order valence-electron chi connectivity index (χ2n) is 4.07. The summed E-state index contributed by atoms with van der Waals surface area (Å²) >= 11 is 2.39. The zero-order valence-corrected chi connectivity index (χ0v) is 13.5. The lowest BCUT2D eigenvalue weighted by Gasteiger charge is -2.03. The van der Waals surface area contributed by atoms with E-state index >= 15 is 0 Å². The Bertz CT molecular complexity index is 722. The normalized spacial score (nSPS) is 11.5. The van der Waals surface area contributed by atoms with Gasteiger partial charge in [0.1, 0.15) is 4.21 Å². The molecule has 0 atom stereocenters. The first kappa shape index (κ1) is 15.9. The molecule has 0 aliphatic rings. The lowest BCUT2D eigenvalue weighted by atomic mass is 10.2. The third kappa shape index (κ3) is 3.79. The van der Waals surface area contributed by atoms with Crippen LogP contribution in [0, 0.1) is 10.1 Å². The first-order valence-electron chi connectivity index (χ1n) is 5.91. The molecule has 21 heavy (non-hydrogen) atoms. The van der Waals surface area contributed by atoms with E-state index in [1.165, 1.54) is 7.05 Å².